The third-order valence-corrected chi connectivity index (χ3v) is 5.05. The van der Waals surface area contributed by atoms with E-state index in [1.807, 2.05) is 25.1 Å². The minimum absolute atomic E-state index is 0.252. The van der Waals surface area contributed by atoms with E-state index in [4.69, 9.17) is 4.74 Å². The van der Waals surface area contributed by atoms with Gasteiger partial charge in [0.25, 0.3) is 0 Å². The molecule has 140 valence electrons. The summed E-state index contributed by atoms with van der Waals surface area (Å²) in [4.78, 5) is 6.99. The van der Waals surface area contributed by atoms with Gasteiger partial charge in [0, 0.05) is 24.8 Å². The van der Waals surface area contributed by atoms with Crippen molar-refractivity contribution in [3.8, 4) is 11.5 Å². The van der Waals surface area contributed by atoms with E-state index in [0.29, 0.717) is 18.3 Å². The van der Waals surface area contributed by atoms with Crippen molar-refractivity contribution in [3.63, 3.8) is 0 Å². The van der Waals surface area contributed by atoms with Gasteiger partial charge in [-0.15, -0.1) is 0 Å². The van der Waals surface area contributed by atoms with Gasteiger partial charge in [-0.3, -0.25) is 9.88 Å². The number of rotatable bonds is 7. The maximum Gasteiger partial charge on any atom is 0.138 e. The molecule has 0 bridgehead atoms. The number of ether oxygens (including phenoxy) is 1. The van der Waals surface area contributed by atoms with E-state index >= 15 is 0 Å². The minimum Gasteiger partial charge on any atom is -0.506 e. The van der Waals surface area contributed by atoms with Gasteiger partial charge in [0.05, 0.1) is 12.8 Å². The Morgan fingerprint density at radius 2 is 1.85 bits per heavy atom. The van der Waals surface area contributed by atoms with Crippen molar-refractivity contribution in [1.82, 2.24) is 15.2 Å². The number of aryl methyl sites for hydroxylation is 1. The minimum atomic E-state index is 0.252. The first kappa shape index (κ1) is 18.7. The largest absolute Gasteiger partial charge is 0.506 e. The highest BCUT2D eigenvalue weighted by atomic mass is 16.5. The number of hydrogen-bond donors (Lipinski definition) is 2. The van der Waals surface area contributed by atoms with Crippen LogP contribution in [0.15, 0.2) is 36.4 Å². The number of nitrogens with zero attached hydrogens (tertiary/aromatic N) is 2. The fourth-order valence-corrected chi connectivity index (χ4v) is 3.57. The predicted molar refractivity (Wildman–Crippen MR) is 104 cm³/mol. The number of nitrogens with one attached hydrogen (secondary N) is 1. The molecule has 0 saturated carbocycles. The highest BCUT2D eigenvalue weighted by molar-refractivity contribution is 5.30. The zero-order chi connectivity index (χ0) is 18.4. The molecule has 5 heteroatoms. The molecule has 0 radical (unpaired) electrons. The van der Waals surface area contributed by atoms with E-state index in [-0.39, 0.29) is 5.75 Å². The van der Waals surface area contributed by atoms with Crippen LogP contribution in [0.3, 0.4) is 0 Å². The van der Waals surface area contributed by atoms with Gasteiger partial charge in [-0.05, 0) is 62.7 Å². The first-order valence-electron chi connectivity index (χ1n) is 9.41. The fraction of sp³-hybridized carbons (Fsp3) is 0.476. The summed E-state index contributed by atoms with van der Waals surface area (Å²) in [6, 6.07) is 12.2. The van der Waals surface area contributed by atoms with Gasteiger partial charge in [-0.1, -0.05) is 18.6 Å². The second kappa shape index (κ2) is 9.01. The molecule has 0 aliphatic carbocycles. The molecule has 1 aliphatic heterocycles. The van der Waals surface area contributed by atoms with E-state index in [0.717, 1.165) is 31.1 Å². The summed E-state index contributed by atoms with van der Waals surface area (Å²) in [5, 5.41) is 13.5. The van der Waals surface area contributed by atoms with Crippen molar-refractivity contribution in [3.05, 3.63) is 53.3 Å². The predicted octanol–water partition coefficient (Wildman–Crippen LogP) is 3.42. The van der Waals surface area contributed by atoms with Crippen LogP contribution in [0.1, 0.15) is 42.3 Å². The molecule has 26 heavy (non-hydrogen) atoms. The van der Waals surface area contributed by atoms with Crippen molar-refractivity contribution in [1.29, 1.82) is 0 Å². The van der Waals surface area contributed by atoms with Crippen LogP contribution in [0.4, 0.5) is 0 Å². The summed E-state index contributed by atoms with van der Waals surface area (Å²) in [5.74, 6) is 1.13. The highest BCUT2D eigenvalue weighted by Gasteiger charge is 2.22. The van der Waals surface area contributed by atoms with Crippen LogP contribution in [0, 0.1) is 6.92 Å². The molecule has 1 aromatic carbocycles. The maximum atomic E-state index is 10.00. The summed E-state index contributed by atoms with van der Waals surface area (Å²) in [5.41, 5.74) is 2.92. The quantitative estimate of drug-likeness (QED) is 0.797. The average Bonchev–Trinajstić information content (AvgIpc) is 2.69. The second-order valence-electron chi connectivity index (χ2n) is 6.93. The molecule has 2 aromatic rings. The van der Waals surface area contributed by atoms with Crippen LogP contribution >= 0.6 is 0 Å². The Hall–Kier alpha value is -2.11. The molecular weight excluding hydrogens is 326 g/mol. The molecule has 2 heterocycles. The molecule has 2 N–H and O–H groups in total. The molecule has 1 unspecified atom stereocenters. The van der Waals surface area contributed by atoms with Crippen LogP contribution in [0.25, 0.3) is 0 Å². The highest BCUT2D eigenvalue weighted by Crippen LogP contribution is 2.26. The van der Waals surface area contributed by atoms with E-state index in [9.17, 15) is 5.11 Å². The van der Waals surface area contributed by atoms with Crippen LogP contribution in [0.2, 0.25) is 0 Å². The average molecular weight is 355 g/mol. The van der Waals surface area contributed by atoms with Crippen molar-refractivity contribution in [2.75, 3.05) is 26.7 Å². The molecule has 1 fully saturated rings. The van der Waals surface area contributed by atoms with Crippen molar-refractivity contribution in [2.24, 2.45) is 0 Å². The first-order chi connectivity index (χ1) is 12.7. The van der Waals surface area contributed by atoms with E-state index in [2.05, 4.69) is 27.3 Å². The summed E-state index contributed by atoms with van der Waals surface area (Å²) in [6.45, 7) is 5.59. The van der Waals surface area contributed by atoms with E-state index in [1.165, 1.54) is 24.8 Å². The second-order valence-corrected chi connectivity index (χ2v) is 6.93. The number of aromatic hydroxyl groups is 1. The lowest BCUT2D eigenvalue weighted by atomic mass is 10.0. The molecule has 1 aliphatic rings. The molecule has 3 rings (SSSR count). The fourth-order valence-electron chi connectivity index (χ4n) is 3.57. The van der Waals surface area contributed by atoms with Gasteiger partial charge in [0.1, 0.15) is 11.5 Å². The number of methoxy groups -OCH3 is 1. The van der Waals surface area contributed by atoms with Crippen LogP contribution in [-0.4, -0.2) is 41.7 Å². The van der Waals surface area contributed by atoms with Gasteiger partial charge >= 0.3 is 0 Å². The number of benzene rings is 1. The van der Waals surface area contributed by atoms with E-state index < -0.39 is 0 Å². The topological polar surface area (TPSA) is 57.6 Å². The zero-order valence-corrected chi connectivity index (χ0v) is 15.7. The Kier molecular flexibility index (Phi) is 6.47. The molecule has 1 atom stereocenters. The molecule has 5 nitrogen and oxygen atoms in total. The Morgan fingerprint density at radius 1 is 1.12 bits per heavy atom. The lowest BCUT2D eigenvalue weighted by Gasteiger charge is -2.35. The van der Waals surface area contributed by atoms with Gasteiger partial charge in [0.2, 0.25) is 0 Å². The van der Waals surface area contributed by atoms with Crippen molar-refractivity contribution in [2.45, 2.75) is 38.8 Å². The first-order valence-corrected chi connectivity index (χ1v) is 9.41. The van der Waals surface area contributed by atoms with Crippen LogP contribution in [-0.2, 0) is 6.54 Å². The smallest absolute Gasteiger partial charge is 0.138 e. The molecule has 1 aromatic heterocycles. The lowest BCUT2D eigenvalue weighted by Crippen LogP contribution is -2.39. The van der Waals surface area contributed by atoms with Gasteiger partial charge in [0.15, 0.2) is 0 Å². The monoisotopic (exact) mass is 355 g/mol. The summed E-state index contributed by atoms with van der Waals surface area (Å²) < 4.78 is 5.29. The number of aromatic nitrogens is 1. The van der Waals surface area contributed by atoms with Gasteiger partial charge in [-0.25, -0.2) is 0 Å². The molecule has 0 amide bonds. The lowest BCUT2D eigenvalue weighted by molar-refractivity contribution is 0.160. The maximum absolute atomic E-state index is 10.00. The van der Waals surface area contributed by atoms with Crippen LogP contribution < -0.4 is 10.1 Å². The van der Waals surface area contributed by atoms with E-state index in [1.54, 1.807) is 13.2 Å². The number of pyridine rings is 1. The number of piperidine rings is 1. The Balaban J connectivity index is 1.69. The number of likely N-dealkylation sites (tertiary alicyclic amines) is 1. The third kappa shape index (κ3) is 4.74. The Bertz CT molecular complexity index is 697. The molecule has 1 saturated heterocycles. The normalized spacial score (nSPS) is 16.4. The molecule has 0 spiro atoms. The van der Waals surface area contributed by atoms with Crippen LogP contribution in [0.5, 0.6) is 11.5 Å². The van der Waals surface area contributed by atoms with Crippen molar-refractivity contribution < 1.29 is 9.84 Å². The summed E-state index contributed by atoms with van der Waals surface area (Å²) in [7, 11) is 1.69. The number of hydrogen-bond acceptors (Lipinski definition) is 5. The SMILES string of the molecule is COc1ccc(C(CNCc2nc(C)ccc2O)N2CCCCC2)cc1. The summed E-state index contributed by atoms with van der Waals surface area (Å²) >= 11 is 0. The van der Waals surface area contributed by atoms with Gasteiger partial charge < -0.3 is 15.2 Å². The van der Waals surface area contributed by atoms with Crippen molar-refractivity contribution >= 4 is 0 Å². The Morgan fingerprint density at radius 3 is 2.54 bits per heavy atom. The Labute approximate surface area is 156 Å². The standard InChI is InChI=1S/C21H29N3O2/c1-16-6-11-21(25)19(23-16)14-22-15-20(24-12-4-3-5-13-24)17-7-9-18(26-2)10-8-17/h6-11,20,22,25H,3-5,12-15H2,1-2H3. The third-order valence-electron chi connectivity index (χ3n) is 5.05. The zero-order valence-electron chi connectivity index (χ0n) is 15.7. The summed E-state index contributed by atoms with van der Waals surface area (Å²) in [6.07, 6.45) is 3.83. The van der Waals surface area contributed by atoms with Gasteiger partial charge in [-0.2, -0.15) is 0 Å². The molecular formula is C21H29N3O2.